The van der Waals surface area contributed by atoms with Crippen molar-refractivity contribution >= 4 is 17.6 Å². The van der Waals surface area contributed by atoms with Crippen molar-refractivity contribution in [2.75, 3.05) is 26.9 Å². The second-order valence-electron chi connectivity index (χ2n) is 6.48. The summed E-state index contributed by atoms with van der Waals surface area (Å²) < 4.78 is 15.8. The standard InChI is InChI=1S/C22H26N2O7/c1-5-23(14-15-8-9-19(30-6-2)20(10-15)29-4)21(25)16-11-17(22(26)31-7-3)13-18(12-16)24(27)28/h8-13H,5-7,14H2,1-4H3. The van der Waals surface area contributed by atoms with E-state index in [0.29, 0.717) is 24.7 Å². The Bertz CT molecular complexity index is 959. The molecule has 0 heterocycles. The van der Waals surface area contributed by atoms with E-state index in [2.05, 4.69) is 0 Å². The Morgan fingerprint density at radius 1 is 1.00 bits per heavy atom. The first-order chi connectivity index (χ1) is 14.8. The Morgan fingerprint density at radius 3 is 2.29 bits per heavy atom. The summed E-state index contributed by atoms with van der Waals surface area (Å²) in [5.74, 6) is -0.0205. The molecule has 0 aliphatic carbocycles. The lowest BCUT2D eigenvalue weighted by Gasteiger charge is -2.22. The van der Waals surface area contributed by atoms with Crippen LogP contribution in [0.5, 0.6) is 11.5 Å². The fourth-order valence-electron chi connectivity index (χ4n) is 2.99. The van der Waals surface area contributed by atoms with E-state index in [4.69, 9.17) is 14.2 Å². The van der Waals surface area contributed by atoms with E-state index in [1.807, 2.05) is 13.0 Å². The highest BCUT2D eigenvalue weighted by Gasteiger charge is 2.22. The van der Waals surface area contributed by atoms with Gasteiger partial charge in [0.2, 0.25) is 0 Å². The number of hydrogen-bond acceptors (Lipinski definition) is 7. The minimum atomic E-state index is -0.723. The molecule has 0 aliphatic rings. The number of carbonyl (C=O) groups excluding carboxylic acids is 2. The van der Waals surface area contributed by atoms with Gasteiger partial charge in [-0.05, 0) is 44.5 Å². The van der Waals surface area contributed by atoms with Crippen LogP contribution in [0.1, 0.15) is 47.1 Å². The zero-order chi connectivity index (χ0) is 23.0. The SMILES string of the molecule is CCOC(=O)c1cc(C(=O)N(CC)Cc2ccc(OCC)c(OC)c2)cc([N+](=O)[O-])c1. The van der Waals surface area contributed by atoms with Gasteiger partial charge in [-0.25, -0.2) is 4.79 Å². The summed E-state index contributed by atoms with van der Waals surface area (Å²) in [6.45, 7) is 6.50. The second-order valence-corrected chi connectivity index (χ2v) is 6.48. The number of benzene rings is 2. The van der Waals surface area contributed by atoms with Crippen LogP contribution in [0.25, 0.3) is 0 Å². The van der Waals surface area contributed by atoms with Crippen LogP contribution in [0.2, 0.25) is 0 Å². The molecule has 0 radical (unpaired) electrons. The van der Waals surface area contributed by atoms with E-state index >= 15 is 0 Å². The van der Waals surface area contributed by atoms with E-state index in [-0.39, 0.29) is 30.0 Å². The number of methoxy groups -OCH3 is 1. The topological polar surface area (TPSA) is 108 Å². The maximum absolute atomic E-state index is 13.1. The molecule has 0 saturated heterocycles. The first-order valence-electron chi connectivity index (χ1n) is 9.90. The third-order valence-electron chi connectivity index (χ3n) is 4.46. The summed E-state index contributed by atoms with van der Waals surface area (Å²) in [5, 5.41) is 11.3. The minimum Gasteiger partial charge on any atom is -0.493 e. The Hall–Kier alpha value is -3.62. The smallest absolute Gasteiger partial charge is 0.338 e. The summed E-state index contributed by atoms with van der Waals surface area (Å²) in [7, 11) is 1.53. The molecule has 0 spiro atoms. The lowest BCUT2D eigenvalue weighted by Crippen LogP contribution is -2.30. The molecule has 1 amide bonds. The van der Waals surface area contributed by atoms with Gasteiger partial charge < -0.3 is 19.1 Å². The number of hydrogen-bond donors (Lipinski definition) is 0. The summed E-state index contributed by atoms with van der Waals surface area (Å²) >= 11 is 0. The molecule has 166 valence electrons. The lowest BCUT2D eigenvalue weighted by molar-refractivity contribution is -0.384. The number of ether oxygens (including phenoxy) is 3. The van der Waals surface area contributed by atoms with Crippen LogP contribution in [0.15, 0.2) is 36.4 Å². The molecule has 9 heteroatoms. The quantitative estimate of drug-likeness (QED) is 0.320. The third-order valence-corrected chi connectivity index (χ3v) is 4.46. The predicted octanol–water partition coefficient (Wildman–Crippen LogP) is 3.84. The number of nitro benzene ring substituents is 1. The number of esters is 1. The molecule has 9 nitrogen and oxygen atoms in total. The molecular weight excluding hydrogens is 404 g/mol. The molecular formula is C22H26N2O7. The molecule has 0 bridgehead atoms. The van der Waals surface area contributed by atoms with Gasteiger partial charge in [0.05, 0.1) is 30.8 Å². The first kappa shape index (κ1) is 23.7. The Morgan fingerprint density at radius 2 is 1.71 bits per heavy atom. The van der Waals surface area contributed by atoms with Crippen LogP contribution in [0.4, 0.5) is 5.69 Å². The summed E-state index contributed by atoms with van der Waals surface area (Å²) in [6.07, 6.45) is 0. The van der Waals surface area contributed by atoms with Gasteiger partial charge in [-0.15, -0.1) is 0 Å². The van der Waals surface area contributed by atoms with E-state index in [1.54, 1.807) is 26.0 Å². The van der Waals surface area contributed by atoms with Gasteiger partial charge >= 0.3 is 5.97 Å². The average molecular weight is 430 g/mol. The normalized spacial score (nSPS) is 10.3. The maximum Gasteiger partial charge on any atom is 0.338 e. The molecule has 2 aromatic carbocycles. The van der Waals surface area contributed by atoms with Crippen molar-refractivity contribution in [3.05, 3.63) is 63.2 Å². The highest BCUT2D eigenvalue weighted by atomic mass is 16.6. The summed E-state index contributed by atoms with van der Waals surface area (Å²) in [4.78, 5) is 37.4. The van der Waals surface area contributed by atoms with Crippen LogP contribution in [0.3, 0.4) is 0 Å². The number of amides is 1. The summed E-state index contributed by atoms with van der Waals surface area (Å²) in [6, 6.07) is 8.94. The van der Waals surface area contributed by atoms with E-state index < -0.39 is 16.8 Å². The van der Waals surface area contributed by atoms with Gasteiger partial charge in [0.1, 0.15) is 0 Å². The van der Waals surface area contributed by atoms with Crippen LogP contribution in [0, 0.1) is 10.1 Å². The number of carbonyl (C=O) groups is 2. The van der Waals surface area contributed by atoms with Crippen LogP contribution < -0.4 is 9.47 Å². The number of non-ortho nitro benzene ring substituents is 1. The molecule has 2 aromatic rings. The minimum absolute atomic E-state index is 0.0389. The number of nitrogens with zero attached hydrogens (tertiary/aromatic N) is 2. The van der Waals surface area contributed by atoms with E-state index in [9.17, 15) is 19.7 Å². The molecule has 0 unspecified atom stereocenters. The first-order valence-corrected chi connectivity index (χ1v) is 9.90. The molecule has 2 rings (SSSR count). The second kappa shape index (κ2) is 11.0. The molecule has 0 aromatic heterocycles. The maximum atomic E-state index is 13.1. The zero-order valence-electron chi connectivity index (χ0n) is 18.0. The lowest BCUT2D eigenvalue weighted by atomic mass is 10.1. The van der Waals surface area contributed by atoms with Gasteiger partial charge in [0, 0.05) is 30.8 Å². The average Bonchev–Trinajstić information content (AvgIpc) is 2.77. The van der Waals surface area contributed by atoms with Crippen molar-refractivity contribution in [2.45, 2.75) is 27.3 Å². The van der Waals surface area contributed by atoms with Gasteiger partial charge in [-0.1, -0.05) is 6.07 Å². The molecule has 0 aliphatic heterocycles. The predicted molar refractivity (Wildman–Crippen MR) is 114 cm³/mol. The fraction of sp³-hybridized carbons (Fsp3) is 0.364. The highest BCUT2D eigenvalue weighted by Crippen LogP contribution is 2.29. The van der Waals surface area contributed by atoms with Crippen LogP contribution >= 0.6 is 0 Å². The Labute approximate surface area is 180 Å². The fourth-order valence-corrected chi connectivity index (χ4v) is 2.99. The number of rotatable bonds is 10. The molecule has 0 fully saturated rings. The molecule has 0 N–H and O–H groups in total. The molecule has 0 atom stereocenters. The van der Waals surface area contributed by atoms with Gasteiger partial charge in [0.15, 0.2) is 11.5 Å². The van der Waals surface area contributed by atoms with Gasteiger partial charge in [0.25, 0.3) is 11.6 Å². The highest BCUT2D eigenvalue weighted by molar-refractivity contribution is 5.99. The number of nitro groups is 1. The van der Waals surface area contributed by atoms with Crippen molar-refractivity contribution in [1.82, 2.24) is 4.90 Å². The van der Waals surface area contributed by atoms with E-state index in [1.165, 1.54) is 18.1 Å². The van der Waals surface area contributed by atoms with Crippen molar-refractivity contribution in [3.63, 3.8) is 0 Å². The molecule has 0 saturated carbocycles. The van der Waals surface area contributed by atoms with Crippen molar-refractivity contribution < 1.29 is 28.7 Å². The van der Waals surface area contributed by atoms with Crippen LogP contribution in [-0.4, -0.2) is 48.6 Å². The van der Waals surface area contributed by atoms with Gasteiger partial charge in [-0.3, -0.25) is 14.9 Å². The Balaban J connectivity index is 2.35. The van der Waals surface area contributed by atoms with Crippen LogP contribution in [-0.2, 0) is 11.3 Å². The van der Waals surface area contributed by atoms with E-state index in [0.717, 1.165) is 17.7 Å². The third kappa shape index (κ3) is 5.94. The zero-order valence-corrected chi connectivity index (χ0v) is 18.0. The van der Waals surface area contributed by atoms with Crippen molar-refractivity contribution in [2.24, 2.45) is 0 Å². The van der Waals surface area contributed by atoms with Crippen molar-refractivity contribution in [1.29, 1.82) is 0 Å². The van der Waals surface area contributed by atoms with Gasteiger partial charge in [-0.2, -0.15) is 0 Å². The van der Waals surface area contributed by atoms with Crippen molar-refractivity contribution in [3.8, 4) is 11.5 Å². The summed E-state index contributed by atoms with van der Waals surface area (Å²) in [5.41, 5.74) is 0.439. The molecule has 31 heavy (non-hydrogen) atoms. The largest absolute Gasteiger partial charge is 0.493 e. The Kier molecular flexibility index (Phi) is 8.36. The monoisotopic (exact) mass is 430 g/mol.